The van der Waals surface area contributed by atoms with Crippen molar-refractivity contribution in [2.24, 2.45) is 5.92 Å². The topological polar surface area (TPSA) is 44.7 Å². The Morgan fingerprint density at radius 2 is 2.11 bits per heavy atom. The summed E-state index contributed by atoms with van der Waals surface area (Å²) in [6.07, 6.45) is 5.73. The zero-order chi connectivity index (χ0) is 13.9. The van der Waals surface area contributed by atoms with Crippen molar-refractivity contribution in [2.75, 3.05) is 46.4 Å². The number of ether oxygens (including phenoxy) is 1. The Morgan fingerprint density at radius 3 is 2.79 bits per heavy atom. The first kappa shape index (κ1) is 16.9. The Bertz CT molecular complexity index is 206. The average molecular weight is 272 g/mol. The number of nitrogens with one attached hydrogen (secondary N) is 1. The summed E-state index contributed by atoms with van der Waals surface area (Å²) >= 11 is 0. The van der Waals surface area contributed by atoms with E-state index in [-0.39, 0.29) is 6.10 Å². The van der Waals surface area contributed by atoms with Gasteiger partial charge >= 0.3 is 0 Å². The molecule has 0 spiro atoms. The normalized spacial score (nSPS) is 19.7. The molecule has 114 valence electrons. The summed E-state index contributed by atoms with van der Waals surface area (Å²) in [5.74, 6) is 0.863. The molecule has 1 aliphatic rings. The van der Waals surface area contributed by atoms with E-state index >= 15 is 0 Å². The second-order valence-corrected chi connectivity index (χ2v) is 5.82. The molecule has 1 fully saturated rings. The zero-order valence-corrected chi connectivity index (χ0v) is 12.7. The Hall–Kier alpha value is -0.160. The predicted octanol–water partition coefficient (Wildman–Crippen LogP) is 1.49. The molecule has 1 unspecified atom stereocenters. The largest absolute Gasteiger partial charge is 0.389 e. The molecular formula is C15H32N2O2. The summed E-state index contributed by atoms with van der Waals surface area (Å²) in [5.41, 5.74) is 0. The zero-order valence-electron chi connectivity index (χ0n) is 12.7. The molecule has 0 aromatic carbocycles. The van der Waals surface area contributed by atoms with Gasteiger partial charge in [-0.3, -0.25) is 0 Å². The lowest BCUT2D eigenvalue weighted by molar-refractivity contribution is 0.0357. The molecule has 0 radical (unpaired) electrons. The highest BCUT2D eigenvalue weighted by Gasteiger charge is 2.15. The number of aliphatic hydroxyl groups excluding tert-OH is 1. The number of aliphatic hydroxyl groups is 1. The van der Waals surface area contributed by atoms with Crippen LogP contribution in [0, 0.1) is 5.92 Å². The fourth-order valence-corrected chi connectivity index (χ4v) is 2.45. The molecule has 2 N–H and O–H groups in total. The first-order chi connectivity index (χ1) is 9.22. The molecule has 0 amide bonds. The van der Waals surface area contributed by atoms with Gasteiger partial charge in [-0.05, 0) is 58.3 Å². The molecule has 4 nitrogen and oxygen atoms in total. The maximum atomic E-state index is 9.73. The SMILES string of the molecule is CCCCOCC(O)CNCCC1CCN(C)CC1. The van der Waals surface area contributed by atoms with E-state index in [1.54, 1.807) is 0 Å². The van der Waals surface area contributed by atoms with E-state index in [0.717, 1.165) is 31.9 Å². The third-order valence-corrected chi connectivity index (χ3v) is 3.90. The molecule has 0 aliphatic carbocycles. The molecule has 1 saturated heterocycles. The van der Waals surface area contributed by atoms with E-state index in [2.05, 4.69) is 24.2 Å². The van der Waals surface area contributed by atoms with Gasteiger partial charge in [-0.2, -0.15) is 0 Å². The Kier molecular flexibility index (Phi) is 9.43. The van der Waals surface area contributed by atoms with Crippen LogP contribution in [0.5, 0.6) is 0 Å². The van der Waals surface area contributed by atoms with Crippen LogP contribution < -0.4 is 5.32 Å². The summed E-state index contributed by atoms with van der Waals surface area (Å²) in [6.45, 7) is 7.50. The van der Waals surface area contributed by atoms with Crippen molar-refractivity contribution in [1.29, 1.82) is 0 Å². The summed E-state index contributed by atoms with van der Waals surface area (Å²) in [4.78, 5) is 2.40. The lowest BCUT2D eigenvalue weighted by atomic mass is 9.94. The van der Waals surface area contributed by atoms with Gasteiger partial charge in [0.2, 0.25) is 0 Å². The highest BCUT2D eigenvalue weighted by molar-refractivity contribution is 4.71. The molecule has 0 aromatic heterocycles. The number of hydrogen-bond donors (Lipinski definition) is 2. The van der Waals surface area contributed by atoms with Crippen LogP contribution in [0.4, 0.5) is 0 Å². The third-order valence-electron chi connectivity index (χ3n) is 3.90. The third kappa shape index (κ3) is 8.58. The number of rotatable bonds is 10. The van der Waals surface area contributed by atoms with Gasteiger partial charge in [-0.1, -0.05) is 13.3 Å². The molecule has 1 atom stereocenters. The number of likely N-dealkylation sites (tertiary alicyclic amines) is 1. The Balaban J connectivity index is 1.89. The van der Waals surface area contributed by atoms with Crippen molar-refractivity contribution in [3.05, 3.63) is 0 Å². The van der Waals surface area contributed by atoms with Crippen LogP contribution in [0.1, 0.15) is 39.0 Å². The smallest absolute Gasteiger partial charge is 0.0897 e. The number of piperidine rings is 1. The van der Waals surface area contributed by atoms with E-state index in [9.17, 15) is 5.11 Å². The van der Waals surface area contributed by atoms with E-state index in [1.165, 1.54) is 32.4 Å². The van der Waals surface area contributed by atoms with Crippen LogP contribution >= 0.6 is 0 Å². The Morgan fingerprint density at radius 1 is 1.37 bits per heavy atom. The van der Waals surface area contributed by atoms with Gasteiger partial charge in [0.05, 0.1) is 12.7 Å². The van der Waals surface area contributed by atoms with Crippen LogP contribution in [0.2, 0.25) is 0 Å². The van der Waals surface area contributed by atoms with Crippen molar-refractivity contribution in [2.45, 2.75) is 45.1 Å². The Labute approximate surface area is 118 Å². The highest BCUT2D eigenvalue weighted by Crippen LogP contribution is 2.18. The van der Waals surface area contributed by atoms with Crippen molar-refractivity contribution in [3.8, 4) is 0 Å². The fourth-order valence-electron chi connectivity index (χ4n) is 2.45. The van der Waals surface area contributed by atoms with Gasteiger partial charge in [0, 0.05) is 13.2 Å². The van der Waals surface area contributed by atoms with Crippen LogP contribution in [0.3, 0.4) is 0 Å². The van der Waals surface area contributed by atoms with Crippen molar-refractivity contribution < 1.29 is 9.84 Å². The lowest BCUT2D eigenvalue weighted by Gasteiger charge is -2.29. The second-order valence-electron chi connectivity index (χ2n) is 5.82. The van der Waals surface area contributed by atoms with Crippen LogP contribution in [-0.2, 0) is 4.74 Å². The minimum absolute atomic E-state index is 0.366. The molecule has 0 saturated carbocycles. The first-order valence-electron chi connectivity index (χ1n) is 7.87. The molecule has 4 heteroatoms. The van der Waals surface area contributed by atoms with Crippen molar-refractivity contribution >= 4 is 0 Å². The van der Waals surface area contributed by atoms with Gasteiger partial charge in [-0.15, -0.1) is 0 Å². The lowest BCUT2D eigenvalue weighted by Crippen LogP contribution is -2.34. The standard InChI is InChI=1S/C15H32N2O2/c1-3-4-11-19-13-15(18)12-16-8-5-14-6-9-17(2)10-7-14/h14-16,18H,3-13H2,1-2H3. The van der Waals surface area contributed by atoms with Gasteiger partial charge in [0.15, 0.2) is 0 Å². The van der Waals surface area contributed by atoms with Crippen LogP contribution in [0.15, 0.2) is 0 Å². The summed E-state index contributed by atoms with van der Waals surface area (Å²) < 4.78 is 5.40. The summed E-state index contributed by atoms with van der Waals surface area (Å²) in [5, 5.41) is 13.1. The summed E-state index contributed by atoms with van der Waals surface area (Å²) in [6, 6.07) is 0. The molecule has 19 heavy (non-hydrogen) atoms. The first-order valence-corrected chi connectivity index (χ1v) is 7.87. The molecular weight excluding hydrogens is 240 g/mol. The number of unbranched alkanes of at least 4 members (excludes halogenated alkanes) is 1. The summed E-state index contributed by atoms with van der Waals surface area (Å²) in [7, 11) is 2.20. The number of hydrogen-bond acceptors (Lipinski definition) is 4. The van der Waals surface area contributed by atoms with E-state index in [4.69, 9.17) is 4.74 Å². The van der Waals surface area contributed by atoms with Crippen molar-refractivity contribution in [3.63, 3.8) is 0 Å². The van der Waals surface area contributed by atoms with Gasteiger partial charge < -0.3 is 20.1 Å². The molecule has 1 aliphatic heterocycles. The highest BCUT2D eigenvalue weighted by atomic mass is 16.5. The molecule has 0 bridgehead atoms. The minimum Gasteiger partial charge on any atom is -0.389 e. The monoisotopic (exact) mass is 272 g/mol. The quantitative estimate of drug-likeness (QED) is 0.591. The molecule has 0 aromatic rings. The van der Waals surface area contributed by atoms with E-state index in [0.29, 0.717) is 13.2 Å². The maximum absolute atomic E-state index is 9.73. The van der Waals surface area contributed by atoms with Crippen LogP contribution in [-0.4, -0.2) is 62.6 Å². The number of nitrogens with zero attached hydrogens (tertiary/aromatic N) is 1. The predicted molar refractivity (Wildman–Crippen MR) is 79.4 cm³/mol. The molecule has 1 heterocycles. The van der Waals surface area contributed by atoms with Crippen molar-refractivity contribution in [1.82, 2.24) is 10.2 Å². The molecule has 1 rings (SSSR count). The average Bonchev–Trinajstić information content (AvgIpc) is 2.42. The van der Waals surface area contributed by atoms with E-state index < -0.39 is 0 Å². The second kappa shape index (κ2) is 10.6. The van der Waals surface area contributed by atoms with Gasteiger partial charge in [0.25, 0.3) is 0 Å². The van der Waals surface area contributed by atoms with Gasteiger partial charge in [0.1, 0.15) is 0 Å². The fraction of sp³-hybridized carbons (Fsp3) is 1.00. The van der Waals surface area contributed by atoms with E-state index in [1.807, 2.05) is 0 Å². The minimum atomic E-state index is -0.366. The maximum Gasteiger partial charge on any atom is 0.0897 e. The van der Waals surface area contributed by atoms with Crippen LogP contribution in [0.25, 0.3) is 0 Å². The van der Waals surface area contributed by atoms with Gasteiger partial charge in [-0.25, -0.2) is 0 Å².